The summed E-state index contributed by atoms with van der Waals surface area (Å²) < 4.78 is 13.7. The monoisotopic (exact) mass is 259 g/mol. The number of benzene rings is 1. The van der Waals surface area contributed by atoms with Gasteiger partial charge in [-0.05, 0) is 12.1 Å². The number of hydrogen-bond acceptors (Lipinski definition) is 1. The summed E-state index contributed by atoms with van der Waals surface area (Å²) in [4.78, 5) is 0. The average Bonchev–Trinajstić information content (AvgIpc) is 2.04. The van der Waals surface area contributed by atoms with Crippen LogP contribution in [0.1, 0.15) is 5.56 Å². The first-order valence-electron chi connectivity index (χ1n) is 3.36. The minimum atomic E-state index is -0.453. The lowest BCUT2D eigenvalue weighted by Gasteiger charge is -2.02. The number of allylic oxidation sites excluding steroid dienone is 1. The SMILES string of the molecule is N#C/C=C(\Cl)c1c(F)cccc1Br. The Morgan fingerprint density at radius 1 is 1.62 bits per heavy atom. The summed E-state index contributed by atoms with van der Waals surface area (Å²) in [5, 5.41) is 8.42. The quantitative estimate of drug-likeness (QED) is 0.707. The fourth-order valence-corrected chi connectivity index (χ4v) is 1.77. The zero-order valence-corrected chi connectivity index (χ0v) is 8.73. The first kappa shape index (κ1) is 10.2. The number of halogens is 3. The lowest BCUT2D eigenvalue weighted by Crippen LogP contribution is -1.86. The van der Waals surface area contributed by atoms with Crippen LogP contribution in [0.4, 0.5) is 4.39 Å². The smallest absolute Gasteiger partial charge is 0.133 e. The van der Waals surface area contributed by atoms with Gasteiger partial charge in [-0.1, -0.05) is 33.6 Å². The molecule has 0 fully saturated rings. The van der Waals surface area contributed by atoms with Crippen molar-refractivity contribution in [2.75, 3.05) is 0 Å². The van der Waals surface area contributed by atoms with Crippen molar-refractivity contribution in [3.8, 4) is 6.07 Å². The largest absolute Gasteiger partial charge is 0.206 e. The highest BCUT2D eigenvalue weighted by atomic mass is 79.9. The predicted octanol–water partition coefficient (Wildman–Crippen LogP) is 3.69. The maximum atomic E-state index is 13.2. The lowest BCUT2D eigenvalue weighted by molar-refractivity contribution is 0.624. The molecule has 0 unspecified atom stereocenters. The summed E-state index contributed by atoms with van der Waals surface area (Å²) >= 11 is 8.83. The molecule has 0 bridgehead atoms. The van der Waals surface area contributed by atoms with Crippen molar-refractivity contribution >= 4 is 32.6 Å². The molecule has 0 aliphatic rings. The molecule has 0 aromatic heterocycles. The lowest BCUT2D eigenvalue weighted by atomic mass is 10.2. The van der Waals surface area contributed by atoms with Gasteiger partial charge in [-0.2, -0.15) is 5.26 Å². The van der Waals surface area contributed by atoms with Crippen molar-refractivity contribution in [3.05, 3.63) is 40.1 Å². The molecule has 0 heterocycles. The third-order valence-electron chi connectivity index (χ3n) is 1.39. The van der Waals surface area contributed by atoms with Crippen LogP contribution in [0.5, 0.6) is 0 Å². The van der Waals surface area contributed by atoms with E-state index in [1.807, 2.05) is 0 Å². The second kappa shape index (κ2) is 4.40. The fourth-order valence-electron chi connectivity index (χ4n) is 0.855. The molecule has 1 aromatic carbocycles. The van der Waals surface area contributed by atoms with Gasteiger partial charge in [-0.25, -0.2) is 4.39 Å². The fraction of sp³-hybridized carbons (Fsp3) is 0. The van der Waals surface area contributed by atoms with Gasteiger partial charge in [0.05, 0.1) is 11.1 Å². The Labute approximate surface area is 88.6 Å². The molecule has 1 rings (SSSR count). The Kier molecular flexibility index (Phi) is 3.47. The number of nitrogens with zero attached hydrogens (tertiary/aromatic N) is 1. The minimum Gasteiger partial charge on any atom is -0.206 e. The molecule has 4 heteroatoms. The van der Waals surface area contributed by atoms with Gasteiger partial charge in [0, 0.05) is 16.1 Å². The first-order valence-corrected chi connectivity index (χ1v) is 4.53. The van der Waals surface area contributed by atoms with Crippen molar-refractivity contribution in [2.45, 2.75) is 0 Å². The average molecular weight is 260 g/mol. The molecule has 0 aliphatic carbocycles. The van der Waals surface area contributed by atoms with Crippen LogP contribution in [-0.4, -0.2) is 0 Å². The van der Waals surface area contributed by atoms with E-state index in [4.69, 9.17) is 16.9 Å². The molecule has 1 aromatic rings. The van der Waals surface area contributed by atoms with E-state index in [-0.39, 0.29) is 10.6 Å². The van der Waals surface area contributed by atoms with Crippen LogP contribution in [0.2, 0.25) is 0 Å². The Morgan fingerprint density at radius 2 is 2.31 bits per heavy atom. The van der Waals surface area contributed by atoms with E-state index in [9.17, 15) is 4.39 Å². The van der Waals surface area contributed by atoms with Crippen LogP contribution in [0.3, 0.4) is 0 Å². The third-order valence-corrected chi connectivity index (χ3v) is 2.35. The molecular weight excluding hydrogens is 256 g/mol. The van der Waals surface area contributed by atoms with E-state index in [0.29, 0.717) is 4.47 Å². The topological polar surface area (TPSA) is 23.8 Å². The summed E-state index contributed by atoms with van der Waals surface area (Å²) in [6, 6.07) is 6.24. The van der Waals surface area contributed by atoms with Gasteiger partial charge in [0.1, 0.15) is 5.82 Å². The highest BCUT2D eigenvalue weighted by Gasteiger charge is 2.09. The zero-order chi connectivity index (χ0) is 9.84. The van der Waals surface area contributed by atoms with Gasteiger partial charge in [0.2, 0.25) is 0 Å². The van der Waals surface area contributed by atoms with Gasteiger partial charge in [0.15, 0.2) is 0 Å². The van der Waals surface area contributed by atoms with Crippen molar-refractivity contribution in [3.63, 3.8) is 0 Å². The summed E-state index contributed by atoms with van der Waals surface area (Å²) in [5.74, 6) is -0.453. The van der Waals surface area contributed by atoms with Crippen LogP contribution in [0.15, 0.2) is 28.7 Å². The molecule has 0 spiro atoms. The van der Waals surface area contributed by atoms with E-state index >= 15 is 0 Å². The Bertz CT molecular complexity index is 375. The highest BCUT2D eigenvalue weighted by Crippen LogP contribution is 2.29. The van der Waals surface area contributed by atoms with E-state index in [1.165, 1.54) is 6.07 Å². The number of rotatable bonds is 1. The second-order valence-corrected chi connectivity index (χ2v) is 3.48. The normalized spacial score (nSPS) is 11.1. The predicted molar refractivity (Wildman–Crippen MR) is 53.5 cm³/mol. The highest BCUT2D eigenvalue weighted by molar-refractivity contribution is 9.10. The van der Waals surface area contributed by atoms with Crippen molar-refractivity contribution in [1.82, 2.24) is 0 Å². The van der Waals surface area contributed by atoms with E-state index in [2.05, 4.69) is 15.9 Å². The molecule has 1 nitrogen and oxygen atoms in total. The minimum absolute atomic E-state index is 0.0903. The maximum absolute atomic E-state index is 13.2. The molecular formula is C9H4BrClFN. The standard InChI is InChI=1S/C9H4BrClFN/c10-6-2-1-3-8(12)9(6)7(11)4-5-13/h1-4H/b7-4-. The molecule has 0 atom stereocenters. The van der Waals surface area contributed by atoms with Crippen molar-refractivity contribution in [1.29, 1.82) is 5.26 Å². The molecule has 66 valence electrons. The van der Waals surface area contributed by atoms with Crippen LogP contribution < -0.4 is 0 Å². The Hall–Kier alpha value is -0.850. The summed E-state index contributed by atoms with van der Waals surface area (Å²) in [7, 11) is 0. The number of nitriles is 1. The Morgan fingerprint density at radius 3 is 2.85 bits per heavy atom. The van der Waals surface area contributed by atoms with E-state index in [1.54, 1.807) is 18.2 Å². The van der Waals surface area contributed by atoms with Crippen LogP contribution in [0.25, 0.3) is 5.03 Å². The van der Waals surface area contributed by atoms with Gasteiger partial charge >= 0.3 is 0 Å². The molecule has 0 radical (unpaired) electrons. The van der Waals surface area contributed by atoms with E-state index in [0.717, 1.165) is 6.08 Å². The maximum Gasteiger partial charge on any atom is 0.133 e. The molecule has 0 amide bonds. The Balaban J connectivity index is 3.30. The molecule has 0 aliphatic heterocycles. The zero-order valence-electron chi connectivity index (χ0n) is 6.39. The van der Waals surface area contributed by atoms with Crippen LogP contribution in [0, 0.1) is 17.1 Å². The summed E-state index contributed by atoms with van der Waals surface area (Å²) in [6.45, 7) is 0. The van der Waals surface area contributed by atoms with Crippen molar-refractivity contribution in [2.24, 2.45) is 0 Å². The van der Waals surface area contributed by atoms with Gasteiger partial charge in [-0.15, -0.1) is 0 Å². The van der Waals surface area contributed by atoms with E-state index < -0.39 is 5.82 Å². The summed E-state index contributed by atoms with van der Waals surface area (Å²) in [5.41, 5.74) is 0.214. The molecule has 0 saturated carbocycles. The first-order chi connectivity index (χ1) is 6.16. The summed E-state index contributed by atoms with van der Waals surface area (Å²) in [6.07, 6.45) is 1.09. The van der Waals surface area contributed by atoms with Gasteiger partial charge in [0.25, 0.3) is 0 Å². The molecule has 13 heavy (non-hydrogen) atoms. The van der Waals surface area contributed by atoms with Crippen LogP contribution >= 0.6 is 27.5 Å². The van der Waals surface area contributed by atoms with Crippen LogP contribution in [-0.2, 0) is 0 Å². The second-order valence-electron chi connectivity index (χ2n) is 2.22. The van der Waals surface area contributed by atoms with Gasteiger partial charge < -0.3 is 0 Å². The number of hydrogen-bond donors (Lipinski definition) is 0. The molecule has 0 saturated heterocycles. The van der Waals surface area contributed by atoms with Gasteiger partial charge in [-0.3, -0.25) is 0 Å². The van der Waals surface area contributed by atoms with Crippen molar-refractivity contribution < 1.29 is 4.39 Å². The third kappa shape index (κ3) is 2.30. The molecule has 0 N–H and O–H groups in total.